The van der Waals surface area contributed by atoms with E-state index in [0.717, 1.165) is 25.1 Å². The summed E-state index contributed by atoms with van der Waals surface area (Å²) in [5.74, 6) is 0.0920. The SMILES string of the molecule is CNCc1ccccc1[C@@H]1c2ccccc2CCN1C(=O)c1ccccc1. The number of nitrogens with one attached hydrogen (secondary N) is 1. The highest BCUT2D eigenvalue weighted by molar-refractivity contribution is 5.95. The van der Waals surface area contributed by atoms with Crippen LogP contribution in [0.5, 0.6) is 0 Å². The van der Waals surface area contributed by atoms with Crippen molar-refractivity contribution < 1.29 is 4.79 Å². The number of nitrogens with zero attached hydrogens (tertiary/aromatic N) is 1. The highest BCUT2D eigenvalue weighted by Crippen LogP contribution is 2.37. The van der Waals surface area contributed by atoms with Crippen LogP contribution in [0, 0.1) is 0 Å². The van der Waals surface area contributed by atoms with Crippen molar-refractivity contribution in [2.45, 2.75) is 19.0 Å². The first-order valence-corrected chi connectivity index (χ1v) is 9.46. The summed E-state index contributed by atoms with van der Waals surface area (Å²) in [6.07, 6.45) is 0.888. The maximum absolute atomic E-state index is 13.4. The Morgan fingerprint density at radius 3 is 2.37 bits per heavy atom. The number of hydrogen-bond acceptors (Lipinski definition) is 2. The highest BCUT2D eigenvalue weighted by atomic mass is 16.2. The van der Waals surface area contributed by atoms with E-state index in [1.807, 2.05) is 42.3 Å². The molecule has 1 aliphatic heterocycles. The van der Waals surface area contributed by atoms with Crippen LogP contribution in [-0.4, -0.2) is 24.4 Å². The van der Waals surface area contributed by atoms with E-state index < -0.39 is 0 Å². The van der Waals surface area contributed by atoms with Gasteiger partial charge in [0.15, 0.2) is 0 Å². The number of carbonyl (C=O) groups excluding carboxylic acids is 1. The van der Waals surface area contributed by atoms with Crippen LogP contribution in [0.3, 0.4) is 0 Å². The largest absolute Gasteiger partial charge is 0.327 e. The first-order chi connectivity index (χ1) is 13.3. The van der Waals surface area contributed by atoms with Crippen LogP contribution in [0.15, 0.2) is 78.9 Å². The maximum atomic E-state index is 13.4. The molecule has 0 spiro atoms. The van der Waals surface area contributed by atoms with Gasteiger partial charge in [0.05, 0.1) is 6.04 Å². The smallest absolute Gasteiger partial charge is 0.254 e. The van der Waals surface area contributed by atoms with Gasteiger partial charge in [-0.05, 0) is 47.9 Å². The minimum absolute atomic E-state index is 0.0628. The van der Waals surface area contributed by atoms with Crippen molar-refractivity contribution in [3.8, 4) is 0 Å². The lowest BCUT2D eigenvalue weighted by molar-refractivity contribution is 0.0694. The van der Waals surface area contributed by atoms with E-state index in [1.54, 1.807) is 0 Å². The molecule has 136 valence electrons. The molecule has 0 aromatic heterocycles. The van der Waals surface area contributed by atoms with Crippen LogP contribution in [0.25, 0.3) is 0 Å². The fraction of sp³-hybridized carbons (Fsp3) is 0.208. The summed E-state index contributed by atoms with van der Waals surface area (Å²) >= 11 is 0. The summed E-state index contributed by atoms with van der Waals surface area (Å²) in [5, 5.41) is 3.26. The molecular formula is C24H24N2O. The predicted molar refractivity (Wildman–Crippen MR) is 109 cm³/mol. The maximum Gasteiger partial charge on any atom is 0.254 e. The standard InChI is InChI=1S/C24H24N2O/c1-25-17-20-12-6-8-14-22(20)23-21-13-7-5-9-18(21)15-16-26(23)24(27)19-10-3-2-4-11-19/h2-14,23,25H,15-17H2,1H3/t23-/m0/s1. The Morgan fingerprint density at radius 1 is 0.926 bits per heavy atom. The summed E-state index contributed by atoms with van der Waals surface area (Å²) in [7, 11) is 1.96. The number of benzene rings is 3. The van der Waals surface area contributed by atoms with Crippen LogP contribution in [0.1, 0.15) is 38.7 Å². The molecule has 4 rings (SSSR count). The minimum atomic E-state index is -0.0628. The van der Waals surface area contributed by atoms with E-state index in [0.29, 0.717) is 0 Å². The summed E-state index contributed by atoms with van der Waals surface area (Å²) in [5.41, 5.74) is 5.74. The molecule has 0 unspecified atom stereocenters. The zero-order valence-electron chi connectivity index (χ0n) is 15.6. The minimum Gasteiger partial charge on any atom is -0.327 e. The molecule has 27 heavy (non-hydrogen) atoms. The van der Waals surface area contributed by atoms with Crippen molar-refractivity contribution in [2.75, 3.05) is 13.6 Å². The van der Waals surface area contributed by atoms with Crippen LogP contribution >= 0.6 is 0 Å². The van der Waals surface area contributed by atoms with E-state index in [9.17, 15) is 4.79 Å². The molecule has 0 aliphatic carbocycles. The second kappa shape index (κ2) is 7.77. The third kappa shape index (κ3) is 3.38. The van der Waals surface area contributed by atoms with Gasteiger partial charge in [0.25, 0.3) is 5.91 Å². The fourth-order valence-corrected chi connectivity index (χ4v) is 4.02. The van der Waals surface area contributed by atoms with Gasteiger partial charge in [-0.15, -0.1) is 0 Å². The van der Waals surface area contributed by atoms with Gasteiger partial charge < -0.3 is 10.2 Å². The lowest BCUT2D eigenvalue weighted by atomic mass is 9.85. The predicted octanol–water partition coefficient (Wildman–Crippen LogP) is 4.19. The molecule has 3 nitrogen and oxygen atoms in total. The first-order valence-electron chi connectivity index (χ1n) is 9.46. The van der Waals surface area contributed by atoms with Crippen LogP contribution in [0.4, 0.5) is 0 Å². The van der Waals surface area contributed by atoms with Gasteiger partial charge in [-0.1, -0.05) is 66.7 Å². The third-order valence-electron chi connectivity index (χ3n) is 5.28. The van der Waals surface area contributed by atoms with E-state index in [2.05, 4.69) is 53.8 Å². The Hall–Kier alpha value is -2.91. The average Bonchev–Trinajstić information content (AvgIpc) is 2.74. The normalized spacial score (nSPS) is 16.0. The van der Waals surface area contributed by atoms with Crippen molar-refractivity contribution in [2.24, 2.45) is 0 Å². The zero-order chi connectivity index (χ0) is 18.6. The second-order valence-electron chi connectivity index (χ2n) is 6.95. The van der Waals surface area contributed by atoms with Crippen molar-refractivity contribution in [3.63, 3.8) is 0 Å². The van der Waals surface area contributed by atoms with Crippen molar-refractivity contribution in [1.29, 1.82) is 0 Å². The van der Waals surface area contributed by atoms with Gasteiger partial charge >= 0.3 is 0 Å². The Bertz CT molecular complexity index is 936. The molecule has 0 saturated heterocycles. The van der Waals surface area contributed by atoms with E-state index in [-0.39, 0.29) is 11.9 Å². The Balaban J connectivity index is 1.84. The van der Waals surface area contributed by atoms with E-state index >= 15 is 0 Å². The first kappa shape index (κ1) is 17.5. The van der Waals surface area contributed by atoms with Gasteiger partial charge in [-0.25, -0.2) is 0 Å². The van der Waals surface area contributed by atoms with Crippen molar-refractivity contribution >= 4 is 5.91 Å². The molecule has 1 atom stereocenters. The molecule has 3 aromatic rings. The van der Waals surface area contributed by atoms with Gasteiger partial charge in [0, 0.05) is 18.7 Å². The van der Waals surface area contributed by atoms with Gasteiger partial charge in [-0.3, -0.25) is 4.79 Å². The molecule has 1 N–H and O–H groups in total. The monoisotopic (exact) mass is 356 g/mol. The summed E-state index contributed by atoms with van der Waals surface area (Å²) in [6, 6.07) is 26.5. The van der Waals surface area contributed by atoms with Crippen molar-refractivity contribution in [3.05, 3.63) is 107 Å². The number of amides is 1. The number of carbonyl (C=O) groups is 1. The highest BCUT2D eigenvalue weighted by Gasteiger charge is 2.33. The summed E-state index contributed by atoms with van der Waals surface area (Å²) in [4.78, 5) is 15.4. The molecule has 0 bridgehead atoms. The van der Waals surface area contributed by atoms with E-state index in [1.165, 1.54) is 22.3 Å². The molecular weight excluding hydrogens is 332 g/mol. The molecule has 0 saturated carbocycles. The van der Waals surface area contributed by atoms with E-state index in [4.69, 9.17) is 0 Å². The Labute approximate surface area is 160 Å². The average molecular weight is 356 g/mol. The molecule has 1 heterocycles. The summed E-state index contributed by atoms with van der Waals surface area (Å²) in [6.45, 7) is 1.51. The number of hydrogen-bond donors (Lipinski definition) is 1. The number of rotatable bonds is 4. The molecule has 3 heteroatoms. The number of fused-ring (bicyclic) bond motifs is 1. The molecule has 3 aromatic carbocycles. The third-order valence-corrected chi connectivity index (χ3v) is 5.28. The van der Waals surface area contributed by atoms with Gasteiger partial charge in [0.1, 0.15) is 0 Å². The zero-order valence-corrected chi connectivity index (χ0v) is 15.6. The van der Waals surface area contributed by atoms with Crippen LogP contribution < -0.4 is 5.32 Å². The Morgan fingerprint density at radius 2 is 1.59 bits per heavy atom. The van der Waals surface area contributed by atoms with Crippen molar-refractivity contribution in [1.82, 2.24) is 10.2 Å². The molecule has 0 fully saturated rings. The van der Waals surface area contributed by atoms with Gasteiger partial charge in [0.2, 0.25) is 0 Å². The lowest BCUT2D eigenvalue weighted by Crippen LogP contribution is -2.41. The topological polar surface area (TPSA) is 32.3 Å². The quantitative estimate of drug-likeness (QED) is 0.760. The van der Waals surface area contributed by atoms with Crippen LogP contribution in [0.2, 0.25) is 0 Å². The molecule has 1 amide bonds. The summed E-state index contributed by atoms with van der Waals surface area (Å²) < 4.78 is 0. The van der Waals surface area contributed by atoms with Crippen LogP contribution in [-0.2, 0) is 13.0 Å². The second-order valence-corrected chi connectivity index (χ2v) is 6.95. The lowest BCUT2D eigenvalue weighted by Gasteiger charge is -2.38. The Kier molecular flexibility index (Phi) is 5.03. The van der Waals surface area contributed by atoms with Gasteiger partial charge in [-0.2, -0.15) is 0 Å². The molecule has 0 radical (unpaired) electrons. The fourth-order valence-electron chi connectivity index (χ4n) is 4.02. The molecule has 1 aliphatic rings.